The topological polar surface area (TPSA) is 62.4 Å². The summed E-state index contributed by atoms with van der Waals surface area (Å²) in [6.45, 7) is 0. The van der Waals surface area contributed by atoms with Crippen molar-refractivity contribution in [3.63, 3.8) is 0 Å². The minimum absolute atomic E-state index is 0.120. The summed E-state index contributed by atoms with van der Waals surface area (Å²) in [4.78, 5) is 12.4. The van der Waals surface area contributed by atoms with Gasteiger partial charge in [-0.05, 0) is 48.6 Å². The summed E-state index contributed by atoms with van der Waals surface area (Å²) in [7, 11) is 1.53. The number of alkyl halides is 3. The molecule has 3 N–H and O–H groups in total. The molecular weight excluding hydrogens is 452 g/mol. The SMILES string of the molecule is COc1ccc(C(=O)N[C@@H](NC(=S)Nc2ccccc2Cl)C(Cl)(Cl)Cl)cc1. The standard InChI is InChI=1S/C17H15Cl4N3O2S/c1-26-11-8-6-10(7-9-11)14(25)23-15(17(19,20)21)24-16(27)22-13-5-3-2-4-12(13)18/h2-9,15H,1H3,(H,23,25)(H2,22,24,27)/t15-/m0/s1. The largest absolute Gasteiger partial charge is 0.497 e. The number of para-hydroxylation sites is 1. The Hall–Kier alpha value is -1.44. The van der Waals surface area contributed by atoms with Crippen molar-refractivity contribution in [3.8, 4) is 5.75 Å². The maximum Gasteiger partial charge on any atom is 0.252 e. The smallest absolute Gasteiger partial charge is 0.252 e. The molecule has 0 saturated heterocycles. The molecule has 2 aromatic rings. The molecule has 0 bridgehead atoms. The highest BCUT2D eigenvalue weighted by molar-refractivity contribution is 7.80. The van der Waals surface area contributed by atoms with Gasteiger partial charge in [0, 0.05) is 5.56 Å². The number of ether oxygens (including phenoxy) is 1. The van der Waals surface area contributed by atoms with Crippen molar-refractivity contribution in [2.24, 2.45) is 0 Å². The zero-order chi connectivity index (χ0) is 20.0. The Bertz CT molecular complexity index is 813. The van der Waals surface area contributed by atoms with Crippen LogP contribution in [0.1, 0.15) is 10.4 Å². The fraction of sp³-hybridized carbons (Fsp3) is 0.176. The van der Waals surface area contributed by atoms with E-state index >= 15 is 0 Å². The summed E-state index contributed by atoms with van der Waals surface area (Å²) >= 11 is 29.2. The predicted molar refractivity (Wildman–Crippen MR) is 115 cm³/mol. The lowest BCUT2D eigenvalue weighted by Gasteiger charge is -2.28. The van der Waals surface area contributed by atoms with Crippen LogP contribution in [-0.4, -0.2) is 28.1 Å². The fourth-order valence-corrected chi connectivity index (χ4v) is 2.75. The van der Waals surface area contributed by atoms with E-state index in [2.05, 4.69) is 16.0 Å². The number of carbonyl (C=O) groups excluding carboxylic acids is 1. The number of halogens is 4. The normalized spacial score (nSPS) is 12.0. The monoisotopic (exact) mass is 465 g/mol. The zero-order valence-corrected chi connectivity index (χ0v) is 17.8. The van der Waals surface area contributed by atoms with Crippen molar-refractivity contribution in [1.29, 1.82) is 0 Å². The molecule has 1 amide bonds. The van der Waals surface area contributed by atoms with Gasteiger partial charge in [0.2, 0.25) is 3.79 Å². The van der Waals surface area contributed by atoms with Crippen molar-refractivity contribution in [2.45, 2.75) is 9.96 Å². The number of carbonyl (C=O) groups is 1. The van der Waals surface area contributed by atoms with Gasteiger partial charge in [0.1, 0.15) is 11.9 Å². The van der Waals surface area contributed by atoms with E-state index in [1.54, 1.807) is 48.5 Å². The van der Waals surface area contributed by atoms with E-state index in [9.17, 15) is 4.79 Å². The highest BCUT2D eigenvalue weighted by Crippen LogP contribution is 2.29. The van der Waals surface area contributed by atoms with E-state index in [0.717, 1.165) is 0 Å². The van der Waals surface area contributed by atoms with E-state index in [1.165, 1.54) is 7.11 Å². The summed E-state index contributed by atoms with van der Waals surface area (Å²) in [6.07, 6.45) is -1.10. The Balaban J connectivity index is 2.07. The molecule has 0 unspecified atom stereocenters. The predicted octanol–water partition coefficient (Wildman–Crippen LogP) is 4.76. The third kappa shape index (κ3) is 6.59. The number of rotatable bonds is 5. The molecule has 2 rings (SSSR count). The van der Waals surface area contributed by atoms with Crippen LogP contribution in [0, 0.1) is 0 Å². The van der Waals surface area contributed by atoms with Crippen LogP contribution in [0.25, 0.3) is 0 Å². The lowest BCUT2D eigenvalue weighted by Crippen LogP contribution is -2.56. The van der Waals surface area contributed by atoms with Crippen LogP contribution in [-0.2, 0) is 0 Å². The number of benzene rings is 2. The van der Waals surface area contributed by atoms with Gasteiger partial charge in [0.15, 0.2) is 5.11 Å². The second-order valence-corrected chi connectivity index (χ2v) is 8.44. The molecule has 5 nitrogen and oxygen atoms in total. The quantitative estimate of drug-likeness (QED) is 0.337. The average molecular weight is 467 g/mol. The Kier molecular flexibility index (Phi) is 7.82. The molecule has 2 aromatic carbocycles. The van der Waals surface area contributed by atoms with E-state index in [4.69, 9.17) is 63.4 Å². The molecule has 10 heteroatoms. The van der Waals surface area contributed by atoms with Crippen LogP contribution >= 0.6 is 58.6 Å². The lowest BCUT2D eigenvalue weighted by atomic mass is 10.2. The molecule has 27 heavy (non-hydrogen) atoms. The fourth-order valence-electron chi connectivity index (χ4n) is 2.01. The summed E-state index contributed by atoms with van der Waals surface area (Å²) in [5, 5.41) is 8.83. The maximum absolute atomic E-state index is 12.4. The zero-order valence-electron chi connectivity index (χ0n) is 13.9. The molecular formula is C17H15Cl4N3O2S. The first-order valence-electron chi connectivity index (χ1n) is 7.54. The molecule has 0 aliphatic rings. The number of amides is 1. The van der Waals surface area contributed by atoms with Gasteiger partial charge in [-0.25, -0.2) is 0 Å². The molecule has 0 aliphatic carbocycles. The molecule has 144 valence electrons. The van der Waals surface area contributed by atoms with Gasteiger partial charge in [-0.2, -0.15) is 0 Å². The highest BCUT2D eigenvalue weighted by Gasteiger charge is 2.35. The van der Waals surface area contributed by atoms with Gasteiger partial charge in [0.05, 0.1) is 17.8 Å². The lowest BCUT2D eigenvalue weighted by molar-refractivity contribution is 0.0934. The third-order valence-electron chi connectivity index (χ3n) is 3.35. The first-order chi connectivity index (χ1) is 12.7. The van der Waals surface area contributed by atoms with E-state index < -0.39 is 15.9 Å². The van der Waals surface area contributed by atoms with Crippen LogP contribution in [0.5, 0.6) is 5.75 Å². The summed E-state index contributed by atoms with van der Waals surface area (Å²) < 4.78 is 3.19. The van der Waals surface area contributed by atoms with Gasteiger partial charge < -0.3 is 20.7 Å². The van der Waals surface area contributed by atoms with Crippen LogP contribution < -0.4 is 20.7 Å². The average Bonchev–Trinajstić information content (AvgIpc) is 2.62. The summed E-state index contributed by atoms with van der Waals surface area (Å²) in [5.41, 5.74) is 0.933. The number of hydrogen-bond donors (Lipinski definition) is 3. The molecule has 0 spiro atoms. The Labute approximate surface area is 182 Å². The van der Waals surface area contributed by atoms with E-state index in [0.29, 0.717) is 22.0 Å². The second kappa shape index (κ2) is 9.66. The van der Waals surface area contributed by atoms with Crippen LogP contribution in [0.3, 0.4) is 0 Å². The van der Waals surface area contributed by atoms with Crippen LogP contribution in [0.4, 0.5) is 5.69 Å². The van der Waals surface area contributed by atoms with Crippen molar-refractivity contribution in [1.82, 2.24) is 10.6 Å². The first-order valence-corrected chi connectivity index (χ1v) is 9.46. The number of anilines is 1. The molecule has 0 saturated carbocycles. The molecule has 0 heterocycles. The van der Waals surface area contributed by atoms with Crippen LogP contribution in [0.2, 0.25) is 5.02 Å². The summed E-state index contributed by atoms with van der Waals surface area (Å²) in [6, 6.07) is 13.5. The van der Waals surface area contributed by atoms with Gasteiger partial charge in [-0.1, -0.05) is 58.5 Å². The van der Waals surface area contributed by atoms with E-state index in [1.807, 2.05) is 0 Å². The van der Waals surface area contributed by atoms with Crippen molar-refractivity contribution < 1.29 is 9.53 Å². The number of nitrogens with one attached hydrogen (secondary N) is 3. The molecule has 1 atom stereocenters. The van der Waals surface area contributed by atoms with Gasteiger partial charge >= 0.3 is 0 Å². The third-order valence-corrected chi connectivity index (χ3v) is 4.56. The minimum Gasteiger partial charge on any atom is -0.497 e. The van der Waals surface area contributed by atoms with E-state index in [-0.39, 0.29) is 5.11 Å². The number of thiocarbonyl (C=S) groups is 1. The van der Waals surface area contributed by atoms with Crippen molar-refractivity contribution in [2.75, 3.05) is 12.4 Å². The van der Waals surface area contributed by atoms with Crippen LogP contribution in [0.15, 0.2) is 48.5 Å². The molecule has 0 radical (unpaired) electrons. The Morgan fingerprint density at radius 2 is 1.70 bits per heavy atom. The molecule has 0 aromatic heterocycles. The van der Waals surface area contributed by atoms with Gasteiger partial charge in [-0.15, -0.1) is 0 Å². The highest BCUT2D eigenvalue weighted by atomic mass is 35.6. The Morgan fingerprint density at radius 1 is 1.07 bits per heavy atom. The Morgan fingerprint density at radius 3 is 2.26 bits per heavy atom. The minimum atomic E-state index is -1.87. The first kappa shape index (κ1) is 21.9. The maximum atomic E-state index is 12.4. The second-order valence-electron chi connectivity index (χ2n) is 5.25. The summed E-state index contributed by atoms with van der Waals surface area (Å²) in [5.74, 6) is 0.162. The number of hydrogen-bond acceptors (Lipinski definition) is 3. The van der Waals surface area contributed by atoms with Crippen molar-refractivity contribution in [3.05, 3.63) is 59.1 Å². The molecule has 0 fully saturated rings. The number of methoxy groups -OCH3 is 1. The molecule has 0 aliphatic heterocycles. The van der Waals surface area contributed by atoms with Gasteiger partial charge in [0.25, 0.3) is 5.91 Å². The van der Waals surface area contributed by atoms with Gasteiger partial charge in [-0.3, -0.25) is 4.79 Å². The van der Waals surface area contributed by atoms with Crippen molar-refractivity contribution >= 4 is 75.3 Å².